The highest BCUT2D eigenvalue weighted by atomic mass is 32.2. The van der Waals surface area contributed by atoms with Crippen molar-refractivity contribution in [2.45, 2.75) is 37.2 Å². The topological polar surface area (TPSA) is 69.9 Å². The van der Waals surface area contributed by atoms with Crippen LogP contribution in [0.15, 0.2) is 35.9 Å². The number of hydrogen-bond donors (Lipinski definition) is 0. The van der Waals surface area contributed by atoms with Crippen LogP contribution in [0, 0.1) is 0 Å². The fraction of sp³-hybridized carbons (Fsp3) is 0.429. The van der Waals surface area contributed by atoms with Crippen molar-refractivity contribution in [1.29, 1.82) is 0 Å². The number of nitrogens with zero attached hydrogens (tertiary/aromatic N) is 4. The van der Waals surface area contributed by atoms with Gasteiger partial charge < -0.3 is 9.30 Å². The molecule has 0 unspecified atom stereocenters. The van der Waals surface area contributed by atoms with E-state index < -0.39 is 0 Å². The van der Waals surface area contributed by atoms with Gasteiger partial charge in [-0.1, -0.05) is 17.8 Å². The highest BCUT2D eigenvalue weighted by Crippen LogP contribution is 2.21. The fourth-order valence-corrected chi connectivity index (χ4v) is 2.58. The van der Waals surface area contributed by atoms with Crippen LogP contribution in [-0.4, -0.2) is 37.6 Å². The van der Waals surface area contributed by atoms with E-state index in [-0.39, 0.29) is 11.2 Å². The summed E-state index contributed by atoms with van der Waals surface area (Å²) in [6, 6.07) is 5.84. The van der Waals surface area contributed by atoms with Crippen molar-refractivity contribution in [2.24, 2.45) is 0 Å². The Labute approximate surface area is 127 Å². The molecule has 2 aromatic heterocycles. The lowest BCUT2D eigenvalue weighted by atomic mass is 10.3. The number of pyridine rings is 1. The lowest BCUT2D eigenvalue weighted by Crippen LogP contribution is -2.17. The summed E-state index contributed by atoms with van der Waals surface area (Å²) in [4.78, 5) is 15.9. The van der Waals surface area contributed by atoms with Gasteiger partial charge in [0, 0.05) is 24.9 Å². The van der Waals surface area contributed by atoms with Gasteiger partial charge in [-0.3, -0.25) is 9.78 Å². The predicted octanol–water partition coefficient (Wildman–Crippen LogP) is 1.96. The first kappa shape index (κ1) is 15.5. The minimum absolute atomic E-state index is 0.234. The second-order valence-electron chi connectivity index (χ2n) is 4.39. The van der Waals surface area contributed by atoms with Gasteiger partial charge in [0.05, 0.1) is 6.61 Å². The summed E-state index contributed by atoms with van der Waals surface area (Å²) < 4.78 is 6.92. The molecular formula is C14H18N4O2S. The first-order chi connectivity index (χ1) is 10.2. The van der Waals surface area contributed by atoms with E-state index in [1.165, 1.54) is 11.8 Å². The molecule has 2 aromatic rings. The average Bonchev–Trinajstić information content (AvgIpc) is 2.93. The SMILES string of the molecule is CCOC(=O)[C@@H](C)Sc1nncn1CCc1ccccn1. The molecule has 0 bridgehead atoms. The Morgan fingerprint density at radius 1 is 1.48 bits per heavy atom. The van der Waals surface area contributed by atoms with E-state index in [0.717, 1.165) is 18.7 Å². The molecule has 6 nitrogen and oxygen atoms in total. The molecule has 0 amide bonds. The third-order valence-electron chi connectivity index (χ3n) is 2.82. The van der Waals surface area contributed by atoms with Gasteiger partial charge in [0.15, 0.2) is 5.16 Å². The monoisotopic (exact) mass is 306 g/mol. The maximum absolute atomic E-state index is 11.6. The summed E-state index contributed by atoms with van der Waals surface area (Å²) in [5.74, 6) is -0.234. The van der Waals surface area contributed by atoms with Crippen molar-refractivity contribution in [3.63, 3.8) is 0 Å². The lowest BCUT2D eigenvalue weighted by molar-refractivity contribution is -0.142. The molecule has 2 heterocycles. The molecule has 0 aliphatic carbocycles. The van der Waals surface area contributed by atoms with Crippen LogP contribution in [0.2, 0.25) is 0 Å². The maximum Gasteiger partial charge on any atom is 0.319 e. The minimum atomic E-state index is -0.303. The molecule has 0 radical (unpaired) electrons. The normalized spacial score (nSPS) is 12.1. The quantitative estimate of drug-likeness (QED) is 0.575. The summed E-state index contributed by atoms with van der Waals surface area (Å²) in [7, 11) is 0. The molecule has 0 saturated heterocycles. The molecule has 0 aliphatic heterocycles. The van der Waals surface area contributed by atoms with E-state index in [0.29, 0.717) is 11.8 Å². The van der Waals surface area contributed by atoms with Crippen LogP contribution in [-0.2, 0) is 22.5 Å². The molecule has 0 spiro atoms. The highest BCUT2D eigenvalue weighted by Gasteiger charge is 2.18. The van der Waals surface area contributed by atoms with Crippen molar-refractivity contribution in [3.05, 3.63) is 36.4 Å². The second kappa shape index (κ2) is 7.78. The molecule has 7 heteroatoms. The van der Waals surface area contributed by atoms with Gasteiger partial charge in [0.25, 0.3) is 0 Å². The third kappa shape index (κ3) is 4.56. The predicted molar refractivity (Wildman–Crippen MR) is 79.9 cm³/mol. The Balaban J connectivity index is 1.94. The molecular weight excluding hydrogens is 288 g/mol. The van der Waals surface area contributed by atoms with Gasteiger partial charge >= 0.3 is 5.97 Å². The minimum Gasteiger partial charge on any atom is -0.465 e. The second-order valence-corrected chi connectivity index (χ2v) is 5.70. The zero-order valence-corrected chi connectivity index (χ0v) is 12.9. The smallest absolute Gasteiger partial charge is 0.319 e. The molecule has 112 valence electrons. The summed E-state index contributed by atoms with van der Waals surface area (Å²) in [5, 5.41) is 8.38. The number of ether oxygens (including phenoxy) is 1. The number of aromatic nitrogens is 4. The summed E-state index contributed by atoms with van der Waals surface area (Å²) in [6.07, 6.45) is 4.24. The van der Waals surface area contributed by atoms with E-state index in [2.05, 4.69) is 15.2 Å². The van der Waals surface area contributed by atoms with E-state index in [4.69, 9.17) is 4.74 Å². The molecule has 0 N–H and O–H groups in total. The Morgan fingerprint density at radius 2 is 2.33 bits per heavy atom. The zero-order chi connectivity index (χ0) is 15.1. The van der Waals surface area contributed by atoms with Crippen molar-refractivity contribution in [1.82, 2.24) is 19.7 Å². The van der Waals surface area contributed by atoms with E-state index in [9.17, 15) is 4.79 Å². The molecule has 0 aromatic carbocycles. The van der Waals surface area contributed by atoms with E-state index >= 15 is 0 Å². The van der Waals surface area contributed by atoms with Gasteiger partial charge in [-0.25, -0.2) is 0 Å². The molecule has 21 heavy (non-hydrogen) atoms. The van der Waals surface area contributed by atoms with Gasteiger partial charge in [0.1, 0.15) is 11.6 Å². The van der Waals surface area contributed by atoms with Crippen molar-refractivity contribution >= 4 is 17.7 Å². The highest BCUT2D eigenvalue weighted by molar-refractivity contribution is 8.00. The van der Waals surface area contributed by atoms with Crippen LogP contribution in [0.1, 0.15) is 19.5 Å². The largest absolute Gasteiger partial charge is 0.465 e. The van der Waals surface area contributed by atoms with Gasteiger partial charge in [-0.05, 0) is 26.0 Å². The van der Waals surface area contributed by atoms with Crippen LogP contribution in [0.4, 0.5) is 0 Å². The Morgan fingerprint density at radius 3 is 3.05 bits per heavy atom. The summed E-state index contributed by atoms with van der Waals surface area (Å²) in [5.41, 5.74) is 1.01. The maximum atomic E-state index is 11.6. The van der Waals surface area contributed by atoms with E-state index in [1.54, 1.807) is 26.4 Å². The first-order valence-corrected chi connectivity index (χ1v) is 7.69. The number of carbonyl (C=O) groups is 1. The fourth-order valence-electron chi connectivity index (χ4n) is 1.74. The van der Waals surface area contributed by atoms with Crippen molar-refractivity contribution < 1.29 is 9.53 Å². The van der Waals surface area contributed by atoms with Crippen LogP contribution < -0.4 is 0 Å². The Kier molecular flexibility index (Phi) is 5.74. The zero-order valence-electron chi connectivity index (χ0n) is 12.1. The van der Waals surface area contributed by atoms with Crippen LogP contribution in [0.25, 0.3) is 0 Å². The summed E-state index contributed by atoms with van der Waals surface area (Å²) >= 11 is 1.35. The number of esters is 1. The van der Waals surface area contributed by atoms with Crippen molar-refractivity contribution in [3.8, 4) is 0 Å². The molecule has 0 aliphatic rings. The first-order valence-electron chi connectivity index (χ1n) is 6.81. The number of aryl methyl sites for hydroxylation is 2. The van der Waals surface area contributed by atoms with Crippen molar-refractivity contribution in [2.75, 3.05) is 6.61 Å². The molecule has 1 atom stereocenters. The van der Waals surface area contributed by atoms with Crippen LogP contribution in [0.3, 0.4) is 0 Å². The Hall–Kier alpha value is -1.89. The average molecular weight is 306 g/mol. The number of thioether (sulfide) groups is 1. The standard InChI is InChI=1S/C14H18N4O2S/c1-3-20-13(19)11(2)21-14-17-16-10-18(14)9-7-12-6-4-5-8-15-12/h4-6,8,10-11H,3,7,9H2,1-2H3/t11-/m1/s1. The number of carbonyl (C=O) groups excluding carboxylic acids is 1. The number of rotatable bonds is 7. The van der Waals surface area contributed by atoms with E-state index in [1.807, 2.05) is 22.8 Å². The Bertz CT molecular complexity index is 573. The molecule has 0 fully saturated rings. The van der Waals surface area contributed by atoms with Crippen LogP contribution in [0.5, 0.6) is 0 Å². The van der Waals surface area contributed by atoms with Gasteiger partial charge in [-0.15, -0.1) is 10.2 Å². The third-order valence-corrected chi connectivity index (χ3v) is 3.89. The van der Waals surface area contributed by atoms with Gasteiger partial charge in [-0.2, -0.15) is 0 Å². The molecule has 0 saturated carbocycles. The number of hydrogen-bond acceptors (Lipinski definition) is 6. The summed E-state index contributed by atoms with van der Waals surface area (Å²) in [6.45, 7) is 4.71. The lowest BCUT2D eigenvalue weighted by Gasteiger charge is -2.10. The van der Waals surface area contributed by atoms with Crippen LogP contribution >= 0.6 is 11.8 Å². The molecule has 2 rings (SSSR count). The van der Waals surface area contributed by atoms with Gasteiger partial charge in [0.2, 0.25) is 0 Å².